The molecule has 0 spiro atoms. The number of hydrogen-bond donors (Lipinski definition) is 1. The summed E-state index contributed by atoms with van der Waals surface area (Å²) in [4.78, 5) is 12.5. The van der Waals surface area contributed by atoms with Gasteiger partial charge in [-0.2, -0.15) is 0 Å². The van der Waals surface area contributed by atoms with Crippen molar-refractivity contribution in [1.29, 1.82) is 0 Å². The highest BCUT2D eigenvalue weighted by molar-refractivity contribution is 5.88. The lowest BCUT2D eigenvalue weighted by Gasteiger charge is -2.30. The topological polar surface area (TPSA) is 40.5 Å². The fraction of sp³-hybridized carbons (Fsp3) is 0.500. The van der Waals surface area contributed by atoms with Gasteiger partial charge in [-0.1, -0.05) is 13.8 Å². The molecule has 0 aliphatic carbocycles. The largest absolute Gasteiger partial charge is 0.478 e. The van der Waals surface area contributed by atoms with E-state index in [0.29, 0.717) is 12.5 Å². The zero-order valence-corrected chi connectivity index (χ0v) is 11.0. The fourth-order valence-corrected chi connectivity index (χ4v) is 2.73. The average Bonchev–Trinajstić information content (AvgIpc) is 2.76. The number of rotatable bonds is 3. The lowest BCUT2D eigenvalue weighted by atomic mass is 10.0. The Kier molecular flexibility index (Phi) is 3.73. The minimum Gasteiger partial charge on any atom is -0.478 e. The van der Waals surface area contributed by atoms with Crippen molar-refractivity contribution in [2.24, 2.45) is 5.92 Å². The SMILES string of the molecule is CC(C)C1CCCN1c1c(F)cc(C(=O)O)cc1F. The van der Waals surface area contributed by atoms with Crippen LogP contribution in [0.25, 0.3) is 0 Å². The Morgan fingerprint density at radius 2 is 1.95 bits per heavy atom. The molecule has 0 saturated carbocycles. The zero-order chi connectivity index (χ0) is 14.2. The van der Waals surface area contributed by atoms with Crippen LogP contribution in [-0.4, -0.2) is 23.7 Å². The fourth-order valence-electron chi connectivity index (χ4n) is 2.73. The van der Waals surface area contributed by atoms with Crippen molar-refractivity contribution < 1.29 is 18.7 Å². The van der Waals surface area contributed by atoms with Crippen LogP contribution >= 0.6 is 0 Å². The van der Waals surface area contributed by atoms with E-state index < -0.39 is 17.6 Å². The molecule has 0 aromatic heterocycles. The Morgan fingerprint density at radius 3 is 2.42 bits per heavy atom. The lowest BCUT2D eigenvalue weighted by molar-refractivity contribution is 0.0695. The van der Waals surface area contributed by atoms with Crippen LogP contribution in [0, 0.1) is 17.6 Å². The number of carbonyl (C=O) groups is 1. The van der Waals surface area contributed by atoms with Crippen LogP contribution in [0.1, 0.15) is 37.0 Å². The number of aromatic carboxylic acids is 1. The molecule has 1 aliphatic rings. The second-order valence-corrected chi connectivity index (χ2v) is 5.24. The van der Waals surface area contributed by atoms with Crippen molar-refractivity contribution in [3.63, 3.8) is 0 Å². The molecule has 0 amide bonds. The molecule has 0 bridgehead atoms. The number of nitrogens with zero attached hydrogens (tertiary/aromatic N) is 1. The first-order valence-corrected chi connectivity index (χ1v) is 6.40. The summed E-state index contributed by atoms with van der Waals surface area (Å²) in [6.45, 7) is 4.64. The van der Waals surface area contributed by atoms with Crippen molar-refractivity contribution in [1.82, 2.24) is 0 Å². The maximum Gasteiger partial charge on any atom is 0.335 e. The molecule has 2 rings (SSSR count). The Bertz CT molecular complexity index is 479. The summed E-state index contributed by atoms with van der Waals surface area (Å²) >= 11 is 0. The average molecular weight is 269 g/mol. The van der Waals surface area contributed by atoms with Crippen LogP contribution in [0.2, 0.25) is 0 Å². The highest BCUT2D eigenvalue weighted by Gasteiger charge is 2.31. The van der Waals surface area contributed by atoms with Crippen molar-refractivity contribution in [3.05, 3.63) is 29.3 Å². The molecule has 1 aromatic rings. The van der Waals surface area contributed by atoms with Crippen LogP contribution in [0.3, 0.4) is 0 Å². The molecule has 1 N–H and O–H groups in total. The van der Waals surface area contributed by atoms with E-state index in [4.69, 9.17) is 5.11 Å². The van der Waals surface area contributed by atoms with E-state index in [1.165, 1.54) is 0 Å². The second kappa shape index (κ2) is 5.15. The van der Waals surface area contributed by atoms with E-state index in [-0.39, 0.29) is 17.3 Å². The highest BCUT2D eigenvalue weighted by Crippen LogP contribution is 2.34. The second-order valence-electron chi connectivity index (χ2n) is 5.24. The van der Waals surface area contributed by atoms with Gasteiger partial charge in [0, 0.05) is 12.6 Å². The van der Waals surface area contributed by atoms with E-state index >= 15 is 0 Å². The number of anilines is 1. The lowest BCUT2D eigenvalue weighted by Crippen LogP contribution is -2.34. The first-order chi connectivity index (χ1) is 8.91. The van der Waals surface area contributed by atoms with Crippen molar-refractivity contribution >= 4 is 11.7 Å². The van der Waals surface area contributed by atoms with E-state index in [1.807, 2.05) is 13.8 Å². The van der Waals surface area contributed by atoms with Gasteiger partial charge in [-0.05, 0) is 30.9 Å². The number of benzene rings is 1. The molecule has 1 unspecified atom stereocenters. The van der Waals surface area contributed by atoms with E-state index in [0.717, 1.165) is 25.0 Å². The van der Waals surface area contributed by atoms with Gasteiger partial charge < -0.3 is 10.0 Å². The summed E-state index contributed by atoms with van der Waals surface area (Å²) in [7, 11) is 0. The van der Waals surface area contributed by atoms with Gasteiger partial charge >= 0.3 is 5.97 Å². The van der Waals surface area contributed by atoms with Crippen LogP contribution in [-0.2, 0) is 0 Å². The van der Waals surface area contributed by atoms with Gasteiger partial charge in [0.25, 0.3) is 0 Å². The van der Waals surface area contributed by atoms with Gasteiger partial charge in [0.15, 0.2) is 0 Å². The van der Waals surface area contributed by atoms with Crippen LogP contribution in [0.5, 0.6) is 0 Å². The molecule has 3 nitrogen and oxygen atoms in total. The van der Waals surface area contributed by atoms with Gasteiger partial charge in [-0.15, -0.1) is 0 Å². The van der Waals surface area contributed by atoms with Gasteiger partial charge in [0.1, 0.15) is 17.3 Å². The molecule has 1 aromatic carbocycles. The summed E-state index contributed by atoms with van der Waals surface area (Å²) in [6, 6.07) is 1.87. The number of carboxylic acid groups (broad SMARTS) is 1. The Labute approximate surface area is 110 Å². The number of hydrogen-bond acceptors (Lipinski definition) is 2. The van der Waals surface area contributed by atoms with Crippen molar-refractivity contribution in [3.8, 4) is 0 Å². The number of halogens is 2. The van der Waals surface area contributed by atoms with E-state index in [2.05, 4.69) is 0 Å². The highest BCUT2D eigenvalue weighted by atomic mass is 19.1. The third kappa shape index (κ3) is 2.55. The minimum atomic E-state index is -1.33. The normalized spacial score (nSPS) is 19.2. The Hall–Kier alpha value is -1.65. The molecule has 1 heterocycles. The van der Waals surface area contributed by atoms with Crippen molar-refractivity contribution in [2.75, 3.05) is 11.4 Å². The summed E-state index contributed by atoms with van der Waals surface area (Å²) < 4.78 is 28.0. The van der Waals surface area contributed by atoms with Gasteiger partial charge in [-0.3, -0.25) is 0 Å². The van der Waals surface area contributed by atoms with E-state index in [9.17, 15) is 13.6 Å². The van der Waals surface area contributed by atoms with Crippen molar-refractivity contribution in [2.45, 2.75) is 32.7 Å². The summed E-state index contributed by atoms with van der Waals surface area (Å²) in [5, 5.41) is 8.78. The summed E-state index contributed by atoms with van der Waals surface area (Å²) in [5.74, 6) is -2.64. The molecule has 19 heavy (non-hydrogen) atoms. The quantitative estimate of drug-likeness (QED) is 0.915. The molecule has 1 saturated heterocycles. The molecule has 1 fully saturated rings. The maximum atomic E-state index is 14.0. The predicted octanol–water partition coefficient (Wildman–Crippen LogP) is 3.29. The Morgan fingerprint density at radius 1 is 1.37 bits per heavy atom. The third-order valence-corrected chi connectivity index (χ3v) is 3.62. The van der Waals surface area contributed by atoms with Crippen LogP contribution in [0.4, 0.5) is 14.5 Å². The van der Waals surface area contributed by atoms with Crippen LogP contribution < -0.4 is 4.90 Å². The van der Waals surface area contributed by atoms with Gasteiger partial charge in [0.2, 0.25) is 0 Å². The Balaban J connectivity index is 2.42. The molecule has 5 heteroatoms. The predicted molar refractivity (Wildman–Crippen MR) is 68.5 cm³/mol. The molecule has 1 aliphatic heterocycles. The number of carboxylic acids is 1. The molecule has 1 atom stereocenters. The summed E-state index contributed by atoms with van der Waals surface area (Å²) in [6.07, 6.45) is 1.79. The first-order valence-electron chi connectivity index (χ1n) is 6.40. The first kappa shape index (κ1) is 13.8. The maximum absolute atomic E-state index is 14.0. The summed E-state index contributed by atoms with van der Waals surface area (Å²) in [5.41, 5.74) is -0.458. The molecular weight excluding hydrogens is 252 g/mol. The standard InChI is InChI=1S/C14H17F2NO2/c1-8(2)12-4-3-5-17(12)13-10(15)6-9(14(18)19)7-11(13)16/h6-8,12H,3-5H2,1-2H3,(H,18,19). The smallest absolute Gasteiger partial charge is 0.335 e. The van der Waals surface area contributed by atoms with E-state index in [1.54, 1.807) is 4.90 Å². The zero-order valence-electron chi connectivity index (χ0n) is 11.0. The molecular formula is C14H17F2NO2. The van der Waals surface area contributed by atoms with Gasteiger partial charge in [0.05, 0.1) is 5.56 Å². The molecule has 104 valence electrons. The van der Waals surface area contributed by atoms with Crippen LogP contribution in [0.15, 0.2) is 12.1 Å². The molecule has 0 radical (unpaired) electrons. The monoisotopic (exact) mass is 269 g/mol. The van der Waals surface area contributed by atoms with Gasteiger partial charge in [-0.25, -0.2) is 13.6 Å². The minimum absolute atomic E-state index is 0.0961. The third-order valence-electron chi connectivity index (χ3n) is 3.62.